The summed E-state index contributed by atoms with van der Waals surface area (Å²) in [5, 5.41) is 0. The Hall–Kier alpha value is -3.23. The van der Waals surface area contributed by atoms with Gasteiger partial charge in [-0.25, -0.2) is 9.78 Å². The molecule has 2 aromatic heterocycles. The van der Waals surface area contributed by atoms with Crippen molar-refractivity contribution in [2.75, 3.05) is 37.7 Å². The molecule has 1 N–H and O–H groups in total. The van der Waals surface area contributed by atoms with Gasteiger partial charge in [-0.3, -0.25) is 14.6 Å². The van der Waals surface area contributed by atoms with Gasteiger partial charge in [0.25, 0.3) is 5.91 Å². The van der Waals surface area contributed by atoms with Crippen LogP contribution in [-0.4, -0.2) is 64.5 Å². The van der Waals surface area contributed by atoms with Crippen LogP contribution < -0.4 is 10.5 Å². The van der Waals surface area contributed by atoms with Crippen LogP contribution in [0.4, 0.5) is 5.82 Å². The van der Waals surface area contributed by atoms with Crippen molar-refractivity contribution >= 4 is 17.7 Å². The Morgan fingerprint density at radius 1 is 1.14 bits per heavy atom. The summed E-state index contributed by atoms with van der Waals surface area (Å²) >= 11 is 0. The first-order chi connectivity index (χ1) is 13.6. The van der Waals surface area contributed by atoms with Crippen LogP contribution in [0.1, 0.15) is 34.8 Å². The molecule has 0 unspecified atom stereocenters. The molecule has 2 fully saturated rings. The van der Waals surface area contributed by atoms with Gasteiger partial charge in [0.2, 0.25) is 5.56 Å². The number of esters is 1. The van der Waals surface area contributed by atoms with Crippen molar-refractivity contribution < 1.29 is 14.3 Å². The molecule has 1 saturated carbocycles. The number of pyridine rings is 1. The molecule has 0 radical (unpaired) electrons. The second kappa shape index (κ2) is 7.79. The van der Waals surface area contributed by atoms with E-state index < -0.39 is 5.97 Å². The molecule has 3 heterocycles. The molecule has 0 spiro atoms. The molecule has 9 heteroatoms. The van der Waals surface area contributed by atoms with Gasteiger partial charge in [-0.15, -0.1) is 0 Å². The lowest BCUT2D eigenvalue weighted by Gasteiger charge is -2.35. The average molecular weight is 383 g/mol. The second-order valence-electron chi connectivity index (χ2n) is 6.97. The van der Waals surface area contributed by atoms with Gasteiger partial charge in [-0.05, 0) is 24.8 Å². The Labute approximate surface area is 161 Å². The first-order valence-corrected chi connectivity index (χ1v) is 9.30. The number of rotatable bonds is 5. The Morgan fingerprint density at radius 2 is 1.93 bits per heavy atom. The fourth-order valence-electron chi connectivity index (χ4n) is 3.24. The third-order valence-corrected chi connectivity index (χ3v) is 4.95. The van der Waals surface area contributed by atoms with E-state index in [0.29, 0.717) is 32.1 Å². The first-order valence-electron chi connectivity index (χ1n) is 9.30. The number of nitrogens with one attached hydrogen (secondary N) is 1. The molecule has 1 amide bonds. The number of carbonyl (C=O) groups excluding carboxylic acids is 2. The van der Waals surface area contributed by atoms with Crippen molar-refractivity contribution in [2.24, 2.45) is 0 Å². The minimum Gasteiger partial charge on any atom is -0.452 e. The second-order valence-corrected chi connectivity index (χ2v) is 6.97. The summed E-state index contributed by atoms with van der Waals surface area (Å²) in [6, 6.07) is 2.85. The Bertz CT molecular complexity index is 917. The highest BCUT2D eigenvalue weighted by Gasteiger charge is 2.26. The molecular formula is C19H21N5O4. The molecule has 9 nitrogen and oxygen atoms in total. The fraction of sp³-hybridized carbons (Fsp3) is 0.421. The van der Waals surface area contributed by atoms with Gasteiger partial charge < -0.3 is 19.5 Å². The average Bonchev–Trinajstić information content (AvgIpc) is 3.57. The third kappa shape index (κ3) is 4.19. The summed E-state index contributed by atoms with van der Waals surface area (Å²) in [7, 11) is 0. The number of amides is 1. The van der Waals surface area contributed by atoms with E-state index in [0.717, 1.165) is 24.4 Å². The molecule has 1 aliphatic heterocycles. The van der Waals surface area contributed by atoms with E-state index in [1.165, 1.54) is 6.07 Å². The molecule has 28 heavy (non-hydrogen) atoms. The van der Waals surface area contributed by atoms with Crippen LogP contribution in [0.5, 0.6) is 0 Å². The summed E-state index contributed by atoms with van der Waals surface area (Å²) in [6.07, 6.45) is 6.96. The number of piperazine rings is 1. The predicted molar refractivity (Wildman–Crippen MR) is 100 cm³/mol. The maximum Gasteiger partial charge on any atom is 0.338 e. The van der Waals surface area contributed by atoms with Gasteiger partial charge in [0, 0.05) is 50.3 Å². The van der Waals surface area contributed by atoms with Crippen molar-refractivity contribution in [3.05, 3.63) is 52.3 Å². The summed E-state index contributed by atoms with van der Waals surface area (Å²) in [5.41, 5.74) is 0.611. The van der Waals surface area contributed by atoms with E-state index in [4.69, 9.17) is 4.74 Å². The van der Waals surface area contributed by atoms with Gasteiger partial charge in [-0.1, -0.05) is 0 Å². The molecule has 1 saturated heterocycles. The number of anilines is 1. The van der Waals surface area contributed by atoms with Crippen molar-refractivity contribution in [3.63, 3.8) is 0 Å². The highest BCUT2D eigenvalue weighted by Crippen LogP contribution is 2.38. The molecule has 1 aliphatic carbocycles. The number of carbonyl (C=O) groups is 2. The quantitative estimate of drug-likeness (QED) is 0.751. The molecular weight excluding hydrogens is 362 g/mol. The highest BCUT2D eigenvalue weighted by atomic mass is 16.5. The summed E-state index contributed by atoms with van der Waals surface area (Å²) < 4.78 is 5.15. The van der Waals surface area contributed by atoms with Crippen LogP contribution in [0.15, 0.2) is 35.5 Å². The Morgan fingerprint density at radius 3 is 2.61 bits per heavy atom. The Kier molecular flexibility index (Phi) is 5.05. The van der Waals surface area contributed by atoms with Crippen LogP contribution in [0.25, 0.3) is 0 Å². The van der Waals surface area contributed by atoms with Crippen molar-refractivity contribution in [1.29, 1.82) is 0 Å². The number of H-pyrrole nitrogens is 1. The zero-order valence-electron chi connectivity index (χ0n) is 15.3. The van der Waals surface area contributed by atoms with Crippen LogP contribution >= 0.6 is 0 Å². The van der Waals surface area contributed by atoms with E-state index in [9.17, 15) is 14.4 Å². The fourth-order valence-corrected chi connectivity index (χ4v) is 3.24. The smallest absolute Gasteiger partial charge is 0.338 e. The number of hydrogen-bond acceptors (Lipinski definition) is 7. The van der Waals surface area contributed by atoms with E-state index in [2.05, 4.69) is 19.9 Å². The SMILES string of the molecule is O=C(OCC(=O)N1CCN(c2cnccn2)CC1)c1cc(C2CC2)[nH]c(=O)c1. The molecule has 146 valence electrons. The Balaban J connectivity index is 1.29. The topological polar surface area (TPSA) is 108 Å². The largest absolute Gasteiger partial charge is 0.452 e. The third-order valence-electron chi connectivity index (χ3n) is 4.95. The van der Waals surface area contributed by atoms with Gasteiger partial charge in [0.05, 0.1) is 11.8 Å². The van der Waals surface area contributed by atoms with Crippen LogP contribution in [-0.2, 0) is 9.53 Å². The van der Waals surface area contributed by atoms with Crippen molar-refractivity contribution in [3.8, 4) is 0 Å². The number of ether oxygens (including phenoxy) is 1. The van der Waals surface area contributed by atoms with Crippen molar-refractivity contribution in [1.82, 2.24) is 19.9 Å². The minimum absolute atomic E-state index is 0.186. The van der Waals surface area contributed by atoms with E-state index in [1.807, 2.05) is 0 Å². The van der Waals surface area contributed by atoms with Crippen LogP contribution in [0.2, 0.25) is 0 Å². The number of aromatic amines is 1. The number of aromatic nitrogens is 3. The molecule has 2 aliphatic rings. The molecule has 0 atom stereocenters. The predicted octanol–water partition coefficient (Wildman–Crippen LogP) is 0.548. The first kappa shape index (κ1) is 18.1. The highest BCUT2D eigenvalue weighted by molar-refractivity contribution is 5.91. The minimum atomic E-state index is -0.653. The molecule has 4 rings (SSSR count). The van der Waals surface area contributed by atoms with Crippen molar-refractivity contribution in [2.45, 2.75) is 18.8 Å². The van der Waals surface area contributed by atoms with E-state index in [1.54, 1.807) is 29.6 Å². The van der Waals surface area contributed by atoms with E-state index in [-0.39, 0.29) is 23.6 Å². The lowest BCUT2D eigenvalue weighted by atomic mass is 10.2. The summed E-state index contributed by atoms with van der Waals surface area (Å²) in [5.74, 6) is 0.188. The van der Waals surface area contributed by atoms with E-state index >= 15 is 0 Å². The van der Waals surface area contributed by atoms with Gasteiger partial charge in [-0.2, -0.15) is 0 Å². The molecule has 0 aromatic carbocycles. The van der Waals surface area contributed by atoms with Crippen LogP contribution in [0, 0.1) is 0 Å². The maximum absolute atomic E-state index is 12.4. The summed E-state index contributed by atoms with van der Waals surface area (Å²) in [4.78, 5) is 51.1. The normalized spacial score (nSPS) is 16.7. The zero-order valence-corrected chi connectivity index (χ0v) is 15.3. The summed E-state index contributed by atoms with van der Waals surface area (Å²) in [6.45, 7) is 1.97. The maximum atomic E-state index is 12.4. The lowest BCUT2D eigenvalue weighted by molar-refractivity contribution is -0.134. The van der Waals surface area contributed by atoms with Crippen LogP contribution in [0.3, 0.4) is 0 Å². The zero-order chi connectivity index (χ0) is 19.5. The number of nitrogens with zero attached hydrogens (tertiary/aromatic N) is 4. The van der Waals surface area contributed by atoms with Gasteiger partial charge >= 0.3 is 5.97 Å². The molecule has 0 bridgehead atoms. The number of hydrogen-bond donors (Lipinski definition) is 1. The monoisotopic (exact) mass is 383 g/mol. The standard InChI is InChI=1S/C19H21N5O4/c25-17-10-14(9-15(22-17)13-1-2-13)19(27)28-12-18(26)24-7-5-23(6-8-24)16-11-20-3-4-21-16/h3-4,9-11,13H,1-2,5-8,12H2,(H,22,25). The van der Waals surface area contributed by atoms with Gasteiger partial charge in [0.15, 0.2) is 6.61 Å². The molecule has 2 aromatic rings. The lowest BCUT2D eigenvalue weighted by Crippen LogP contribution is -2.50. The van der Waals surface area contributed by atoms with Gasteiger partial charge in [0.1, 0.15) is 5.82 Å².